The van der Waals surface area contributed by atoms with Gasteiger partial charge in [-0.25, -0.2) is 0 Å². The van der Waals surface area contributed by atoms with Gasteiger partial charge in [0.1, 0.15) is 0 Å². The van der Waals surface area contributed by atoms with E-state index < -0.39 is 0 Å². The third-order valence-corrected chi connectivity index (χ3v) is 3.39. The van der Waals surface area contributed by atoms with E-state index in [1.807, 2.05) is 48.8 Å². The van der Waals surface area contributed by atoms with Gasteiger partial charge in [0.2, 0.25) is 0 Å². The number of fused-ring (bicyclic) bond motifs is 2. The zero-order valence-corrected chi connectivity index (χ0v) is 10.4. The third kappa shape index (κ3) is 2.24. The van der Waals surface area contributed by atoms with E-state index in [1.165, 1.54) is 21.6 Å². The van der Waals surface area contributed by atoms with Crippen LogP contribution in [0.25, 0.3) is 21.0 Å². The fourth-order valence-electron chi connectivity index (χ4n) is 1.69. The Morgan fingerprint density at radius 2 is 1.61 bits per heavy atom. The molecule has 2 heterocycles. The zero-order chi connectivity index (χ0) is 12.2. The molecule has 0 saturated heterocycles. The molecule has 0 radical (unpaired) electrons. The van der Waals surface area contributed by atoms with Gasteiger partial charge < -0.3 is 0 Å². The Labute approximate surface area is 108 Å². The number of para-hydroxylation sites is 1. The first-order chi connectivity index (χ1) is 8.93. The lowest BCUT2D eigenvalue weighted by atomic mass is 10.3. The molecular formula is C14H11N3S. The van der Waals surface area contributed by atoms with Gasteiger partial charge in [-0.3, -0.25) is 5.10 Å². The van der Waals surface area contributed by atoms with Gasteiger partial charge in [0.15, 0.2) is 0 Å². The summed E-state index contributed by atoms with van der Waals surface area (Å²) in [5, 5.41) is 9.15. The van der Waals surface area contributed by atoms with Gasteiger partial charge in [-0.15, -0.1) is 0 Å². The number of benzene rings is 2. The topological polar surface area (TPSA) is 41.6 Å². The van der Waals surface area contributed by atoms with Crippen molar-refractivity contribution in [2.75, 3.05) is 0 Å². The molecular weight excluding hydrogens is 242 g/mol. The Hall–Kier alpha value is -2.20. The van der Waals surface area contributed by atoms with Crippen molar-refractivity contribution in [3.8, 4) is 0 Å². The first-order valence-electron chi connectivity index (χ1n) is 5.61. The van der Waals surface area contributed by atoms with Crippen LogP contribution in [0.3, 0.4) is 0 Å². The molecule has 4 aromatic rings. The Balaban J connectivity index is 0.000000111. The fraction of sp³-hybridized carbons (Fsp3) is 0. The minimum Gasteiger partial charge on any atom is -0.278 e. The maximum absolute atomic E-state index is 4.04. The molecule has 18 heavy (non-hydrogen) atoms. The van der Waals surface area contributed by atoms with Crippen LogP contribution in [0, 0.1) is 0 Å². The largest absolute Gasteiger partial charge is 0.278 e. The summed E-state index contributed by atoms with van der Waals surface area (Å²) in [7, 11) is 0. The van der Waals surface area contributed by atoms with Crippen LogP contribution in [0.15, 0.2) is 60.9 Å². The molecule has 0 spiro atoms. The Bertz CT molecular complexity index is 631. The van der Waals surface area contributed by atoms with Crippen LogP contribution in [0.5, 0.6) is 0 Å². The molecule has 0 atom stereocenters. The molecule has 0 fully saturated rings. The number of aromatic amines is 1. The molecule has 0 unspecified atom stereocenters. The second-order valence-corrected chi connectivity index (χ2v) is 4.65. The molecule has 1 N–H and O–H groups in total. The highest BCUT2D eigenvalue weighted by Gasteiger charge is 1.89. The van der Waals surface area contributed by atoms with Gasteiger partial charge in [-0.2, -0.15) is 9.47 Å². The SMILES string of the molecule is c1ccc2[nH]ncc2c1.c1ccc2sncc2c1. The molecule has 3 nitrogen and oxygen atoms in total. The smallest absolute Gasteiger partial charge is 0.0650 e. The van der Waals surface area contributed by atoms with Crippen molar-refractivity contribution in [1.82, 2.24) is 14.6 Å². The van der Waals surface area contributed by atoms with E-state index in [1.54, 1.807) is 0 Å². The minimum atomic E-state index is 1.09. The van der Waals surface area contributed by atoms with Gasteiger partial charge in [0.05, 0.1) is 16.4 Å². The average Bonchev–Trinajstić information content (AvgIpc) is 3.08. The van der Waals surface area contributed by atoms with E-state index in [-0.39, 0.29) is 0 Å². The molecule has 2 aromatic carbocycles. The second-order valence-electron chi connectivity index (χ2n) is 3.82. The summed E-state index contributed by atoms with van der Waals surface area (Å²) < 4.78 is 5.30. The van der Waals surface area contributed by atoms with Crippen LogP contribution in [0.1, 0.15) is 0 Å². The first kappa shape index (κ1) is 10.9. The maximum Gasteiger partial charge on any atom is 0.0650 e. The van der Waals surface area contributed by atoms with Crippen molar-refractivity contribution in [3.63, 3.8) is 0 Å². The summed E-state index contributed by atoms with van der Waals surface area (Å²) in [4.78, 5) is 0. The molecule has 0 aliphatic rings. The number of hydrogen-bond acceptors (Lipinski definition) is 3. The number of rotatable bonds is 0. The molecule has 2 aromatic heterocycles. The quantitative estimate of drug-likeness (QED) is 0.517. The van der Waals surface area contributed by atoms with Gasteiger partial charge in [0.25, 0.3) is 0 Å². The van der Waals surface area contributed by atoms with Gasteiger partial charge >= 0.3 is 0 Å². The van der Waals surface area contributed by atoms with E-state index >= 15 is 0 Å². The summed E-state index contributed by atoms with van der Waals surface area (Å²) in [5.41, 5.74) is 1.09. The Morgan fingerprint density at radius 3 is 2.44 bits per heavy atom. The van der Waals surface area contributed by atoms with Crippen molar-refractivity contribution in [3.05, 3.63) is 60.9 Å². The highest BCUT2D eigenvalue weighted by atomic mass is 32.1. The monoisotopic (exact) mass is 253 g/mol. The molecule has 0 bridgehead atoms. The van der Waals surface area contributed by atoms with Crippen LogP contribution >= 0.6 is 11.5 Å². The highest BCUT2D eigenvalue weighted by molar-refractivity contribution is 7.13. The lowest BCUT2D eigenvalue weighted by Gasteiger charge is -1.81. The predicted octanol–water partition coefficient (Wildman–Crippen LogP) is 3.86. The summed E-state index contributed by atoms with van der Waals surface area (Å²) in [6, 6.07) is 16.2. The van der Waals surface area contributed by atoms with Crippen molar-refractivity contribution < 1.29 is 0 Å². The Kier molecular flexibility index (Phi) is 3.02. The summed E-state index contributed by atoms with van der Waals surface area (Å²) in [6.45, 7) is 0. The van der Waals surface area contributed by atoms with E-state index in [9.17, 15) is 0 Å². The number of nitrogens with one attached hydrogen (secondary N) is 1. The maximum atomic E-state index is 4.04. The minimum absolute atomic E-state index is 1.09. The van der Waals surface area contributed by atoms with Gasteiger partial charge in [-0.05, 0) is 23.7 Å². The molecule has 4 heteroatoms. The number of H-pyrrole nitrogens is 1. The fourth-order valence-corrected chi connectivity index (χ4v) is 2.34. The predicted molar refractivity (Wildman–Crippen MR) is 75.7 cm³/mol. The summed E-state index contributed by atoms with van der Waals surface area (Å²) in [6.07, 6.45) is 3.70. The molecule has 0 aliphatic heterocycles. The molecule has 4 rings (SSSR count). The standard InChI is InChI=1S/C7H6N2.C7H5NS/c2*1-2-4-7-6(3-1)5-8-9-7/h1-5H,(H,8,9);1-5H. The van der Waals surface area contributed by atoms with Crippen LogP contribution in [0.4, 0.5) is 0 Å². The van der Waals surface area contributed by atoms with Crippen molar-refractivity contribution in [1.29, 1.82) is 0 Å². The van der Waals surface area contributed by atoms with E-state index in [0.29, 0.717) is 0 Å². The molecule has 88 valence electrons. The number of hydrogen-bond donors (Lipinski definition) is 1. The first-order valence-corrected chi connectivity index (χ1v) is 6.38. The van der Waals surface area contributed by atoms with Crippen molar-refractivity contribution in [2.24, 2.45) is 0 Å². The number of nitrogens with zero attached hydrogens (tertiary/aromatic N) is 2. The molecule has 0 amide bonds. The van der Waals surface area contributed by atoms with E-state index in [0.717, 1.165) is 10.9 Å². The van der Waals surface area contributed by atoms with Crippen molar-refractivity contribution in [2.45, 2.75) is 0 Å². The van der Waals surface area contributed by atoms with Crippen molar-refractivity contribution >= 4 is 32.5 Å². The van der Waals surface area contributed by atoms with Crippen LogP contribution in [-0.4, -0.2) is 14.6 Å². The lowest BCUT2D eigenvalue weighted by Crippen LogP contribution is -1.63. The Morgan fingerprint density at radius 1 is 0.833 bits per heavy atom. The van der Waals surface area contributed by atoms with Crippen LogP contribution in [-0.2, 0) is 0 Å². The van der Waals surface area contributed by atoms with E-state index in [2.05, 4.69) is 26.7 Å². The van der Waals surface area contributed by atoms with Gasteiger partial charge in [-0.1, -0.05) is 36.4 Å². The normalized spacial score (nSPS) is 10.2. The van der Waals surface area contributed by atoms with Crippen LogP contribution in [0.2, 0.25) is 0 Å². The third-order valence-electron chi connectivity index (χ3n) is 2.61. The average molecular weight is 253 g/mol. The molecule has 0 aliphatic carbocycles. The van der Waals surface area contributed by atoms with Crippen LogP contribution < -0.4 is 0 Å². The molecule has 0 saturated carbocycles. The lowest BCUT2D eigenvalue weighted by molar-refractivity contribution is 1.12. The number of aromatic nitrogens is 3. The zero-order valence-electron chi connectivity index (χ0n) is 9.58. The van der Waals surface area contributed by atoms with Gasteiger partial charge in [0, 0.05) is 17.0 Å². The highest BCUT2D eigenvalue weighted by Crippen LogP contribution is 2.15. The second kappa shape index (κ2) is 4.98. The van der Waals surface area contributed by atoms with E-state index in [4.69, 9.17) is 0 Å². The summed E-state index contributed by atoms with van der Waals surface area (Å²) in [5.74, 6) is 0. The summed E-state index contributed by atoms with van der Waals surface area (Å²) >= 11 is 1.54.